The predicted molar refractivity (Wildman–Crippen MR) is 53.8 cm³/mol. The molecule has 84 valence electrons. The van der Waals surface area contributed by atoms with Crippen molar-refractivity contribution in [3.63, 3.8) is 0 Å². The van der Waals surface area contributed by atoms with E-state index in [0.29, 0.717) is 5.56 Å². The summed E-state index contributed by atoms with van der Waals surface area (Å²) in [5, 5.41) is 21.7. The fraction of sp³-hybridized carbons (Fsp3) is 0.111. The van der Waals surface area contributed by atoms with Gasteiger partial charge in [-0.25, -0.2) is 4.79 Å². The first-order valence-corrected chi connectivity index (χ1v) is 4.14. The summed E-state index contributed by atoms with van der Waals surface area (Å²) in [6.07, 6.45) is 1.02. The molecule has 0 heterocycles. The number of nitro benzene ring substituents is 1. The van der Waals surface area contributed by atoms with E-state index in [0.717, 1.165) is 19.4 Å². The Morgan fingerprint density at radius 3 is 2.81 bits per heavy atom. The SMILES string of the molecule is COC(=O)c1ccc(/C=N\O)cc1[N+](=O)[O-]. The largest absolute Gasteiger partial charge is 0.465 e. The Labute approximate surface area is 90.1 Å². The van der Waals surface area contributed by atoms with E-state index in [1.807, 2.05) is 0 Å². The second-order valence-corrected chi connectivity index (χ2v) is 2.77. The summed E-state index contributed by atoms with van der Waals surface area (Å²) < 4.78 is 4.40. The smallest absolute Gasteiger partial charge is 0.344 e. The topological polar surface area (TPSA) is 102 Å². The van der Waals surface area contributed by atoms with Gasteiger partial charge in [0.15, 0.2) is 0 Å². The molecule has 0 spiro atoms. The summed E-state index contributed by atoms with van der Waals surface area (Å²) in [7, 11) is 1.13. The number of methoxy groups -OCH3 is 1. The minimum atomic E-state index is -0.792. The van der Waals surface area contributed by atoms with Crippen LogP contribution in [0, 0.1) is 10.1 Å². The van der Waals surface area contributed by atoms with Crippen LogP contribution in [0.3, 0.4) is 0 Å². The highest BCUT2D eigenvalue weighted by Crippen LogP contribution is 2.20. The quantitative estimate of drug-likeness (QED) is 0.273. The molecule has 16 heavy (non-hydrogen) atoms. The van der Waals surface area contributed by atoms with Crippen LogP contribution < -0.4 is 0 Å². The van der Waals surface area contributed by atoms with Crippen molar-refractivity contribution in [3.05, 3.63) is 39.4 Å². The third kappa shape index (κ3) is 2.32. The van der Waals surface area contributed by atoms with E-state index >= 15 is 0 Å². The van der Waals surface area contributed by atoms with Crippen LogP contribution in [0.1, 0.15) is 15.9 Å². The van der Waals surface area contributed by atoms with E-state index in [9.17, 15) is 14.9 Å². The number of nitrogens with zero attached hydrogens (tertiary/aromatic N) is 2. The molecule has 0 aliphatic rings. The maximum atomic E-state index is 11.2. The summed E-state index contributed by atoms with van der Waals surface area (Å²) in [5.74, 6) is -0.792. The summed E-state index contributed by atoms with van der Waals surface area (Å²) in [4.78, 5) is 21.2. The molecule has 0 amide bonds. The van der Waals surface area contributed by atoms with Crippen LogP contribution >= 0.6 is 0 Å². The van der Waals surface area contributed by atoms with E-state index in [2.05, 4.69) is 9.89 Å². The fourth-order valence-electron chi connectivity index (χ4n) is 1.13. The van der Waals surface area contributed by atoms with Crippen LogP contribution in [0.5, 0.6) is 0 Å². The molecule has 7 heteroatoms. The minimum absolute atomic E-state index is 0.150. The Balaban J connectivity index is 3.30. The monoisotopic (exact) mass is 224 g/mol. The van der Waals surface area contributed by atoms with Gasteiger partial charge in [0.25, 0.3) is 5.69 Å². The van der Waals surface area contributed by atoms with Crippen molar-refractivity contribution in [1.29, 1.82) is 0 Å². The number of benzene rings is 1. The van der Waals surface area contributed by atoms with Crippen molar-refractivity contribution in [3.8, 4) is 0 Å². The molecule has 0 unspecified atom stereocenters. The van der Waals surface area contributed by atoms with Crippen molar-refractivity contribution >= 4 is 17.9 Å². The summed E-state index contributed by atoms with van der Waals surface area (Å²) in [6.45, 7) is 0. The van der Waals surface area contributed by atoms with Crippen molar-refractivity contribution in [1.82, 2.24) is 0 Å². The van der Waals surface area contributed by atoms with Crippen LogP contribution in [0.4, 0.5) is 5.69 Å². The summed E-state index contributed by atoms with van der Waals surface area (Å²) >= 11 is 0. The van der Waals surface area contributed by atoms with Gasteiger partial charge in [0, 0.05) is 11.6 Å². The molecule has 0 atom stereocenters. The molecule has 0 aliphatic heterocycles. The van der Waals surface area contributed by atoms with Gasteiger partial charge in [-0.05, 0) is 6.07 Å². The van der Waals surface area contributed by atoms with Crippen molar-refractivity contribution in [2.24, 2.45) is 5.16 Å². The summed E-state index contributed by atoms with van der Waals surface area (Å²) in [5.41, 5.74) is -0.242. The van der Waals surface area contributed by atoms with Crippen molar-refractivity contribution in [2.75, 3.05) is 7.11 Å². The molecular weight excluding hydrogens is 216 g/mol. The van der Waals surface area contributed by atoms with Gasteiger partial charge in [-0.2, -0.15) is 0 Å². The van der Waals surface area contributed by atoms with Gasteiger partial charge < -0.3 is 9.94 Å². The fourth-order valence-corrected chi connectivity index (χ4v) is 1.13. The lowest BCUT2D eigenvalue weighted by molar-refractivity contribution is -0.385. The molecule has 0 saturated heterocycles. The van der Waals surface area contributed by atoms with E-state index in [4.69, 9.17) is 5.21 Å². The maximum Gasteiger partial charge on any atom is 0.344 e. The molecule has 1 aromatic carbocycles. The van der Waals surface area contributed by atoms with Gasteiger partial charge in [0.1, 0.15) is 5.56 Å². The van der Waals surface area contributed by atoms with E-state index in [1.165, 1.54) is 12.1 Å². The minimum Gasteiger partial charge on any atom is -0.465 e. The van der Waals surface area contributed by atoms with Gasteiger partial charge in [0.05, 0.1) is 18.2 Å². The van der Waals surface area contributed by atoms with Crippen molar-refractivity contribution < 1.29 is 19.7 Å². The van der Waals surface area contributed by atoms with E-state index < -0.39 is 16.6 Å². The Kier molecular flexibility index (Phi) is 3.54. The predicted octanol–water partition coefficient (Wildman–Crippen LogP) is 1.19. The van der Waals surface area contributed by atoms with E-state index in [1.54, 1.807) is 0 Å². The normalized spacial score (nSPS) is 10.3. The molecule has 1 aromatic rings. The lowest BCUT2D eigenvalue weighted by Crippen LogP contribution is -2.06. The van der Waals surface area contributed by atoms with Gasteiger partial charge >= 0.3 is 5.97 Å². The Hall–Kier alpha value is -2.44. The zero-order valence-corrected chi connectivity index (χ0v) is 8.28. The van der Waals surface area contributed by atoms with Gasteiger partial charge in [-0.15, -0.1) is 0 Å². The second kappa shape index (κ2) is 4.87. The van der Waals surface area contributed by atoms with Crippen LogP contribution in [-0.4, -0.2) is 29.4 Å². The number of carbonyl (C=O) groups is 1. The molecular formula is C9H8N2O5. The molecule has 1 rings (SSSR count). The lowest BCUT2D eigenvalue weighted by atomic mass is 10.1. The Bertz CT molecular complexity index is 455. The number of carbonyl (C=O) groups excluding carboxylic acids is 1. The highest BCUT2D eigenvalue weighted by Gasteiger charge is 2.20. The molecule has 0 fully saturated rings. The average molecular weight is 224 g/mol. The molecule has 0 aromatic heterocycles. The lowest BCUT2D eigenvalue weighted by Gasteiger charge is -2.01. The number of hydrogen-bond donors (Lipinski definition) is 1. The number of ether oxygens (including phenoxy) is 1. The third-order valence-electron chi connectivity index (χ3n) is 1.83. The third-order valence-corrected chi connectivity index (χ3v) is 1.83. The highest BCUT2D eigenvalue weighted by atomic mass is 16.6. The number of oxime groups is 1. The van der Waals surface area contributed by atoms with Crippen molar-refractivity contribution in [2.45, 2.75) is 0 Å². The zero-order chi connectivity index (χ0) is 12.1. The number of rotatable bonds is 3. The maximum absolute atomic E-state index is 11.2. The van der Waals surface area contributed by atoms with Gasteiger partial charge in [-0.3, -0.25) is 10.1 Å². The van der Waals surface area contributed by atoms with Gasteiger partial charge in [-0.1, -0.05) is 11.2 Å². The number of nitro groups is 1. The second-order valence-electron chi connectivity index (χ2n) is 2.77. The zero-order valence-electron chi connectivity index (χ0n) is 8.28. The number of hydrogen-bond acceptors (Lipinski definition) is 6. The van der Waals surface area contributed by atoms with E-state index in [-0.39, 0.29) is 5.56 Å². The average Bonchev–Trinajstić information content (AvgIpc) is 2.28. The van der Waals surface area contributed by atoms with Gasteiger partial charge in [0.2, 0.25) is 0 Å². The molecule has 0 radical (unpaired) electrons. The van der Waals surface area contributed by atoms with Crippen LogP contribution in [0.25, 0.3) is 0 Å². The molecule has 0 saturated carbocycles. The first-order chi connectivity index (χ1) is 7.60. The first-order valence-electron chi connectivity index (χ1n) is 4.14. The highest BCUT2D eigenvalue weighted by molar-refractivity contribution is 5.95. The molecule has 1 N–H and O–H groups in total. The number of esters is 1. The standard InChI is InChI=1S/C9H8N2O5/c1-16-9(12)7-3-2-6(5-10-13)4-8(7)11(14)15/h2-5,13H,1H3/b10-5-. The summed E-state index contributed by atoms with van der Waals surface area (Å²) in [6, 6.07) is 3.76. The Morgan fingerprint density at radius 1 is 1.62 bits per heavy atom. The molecule has 0 aliphatic carbocycles. The Morgan fingerprint density at radius 2 is 2.31 bits per heavy atom. The molecule has 0 bridgehead atoms. The molecule has 7 nitrogen and oxygen atoms in total. The van der Waals surface area contributed by atoms with Crippen LogP contribution in [0.2, 0.25) is 0 Å². The van der Waals surface area contributed by atoms with Crippen LogP contribution in [-0.2, 0) is 4.74 Å². The van der Waals surface area contributed by atoms with Crippen LogP contribution in [0.15, 0.2) is 23.4 Å². The first kappa shape index (κ1) is 11.6.